The second-order valence-corrected chi connectivity index (χ2v) is 23.8. The summed E-state index contributed by atoms with van der Waals surface area (Å²) in [6, 6.07) is 39.9. The van der Waals surface area contributed by atoms with E-state index < -0.39 is 11.2 Å². The van der Waals surface area contributed by atoms with Crippen molar-refractivity contribution in [3.05, 3.63) is 144 Å². The van der Waals surface area contributed by atoms with Crippen molar-refractivity contribution in [3.8, 4) is 6.07 Å². The molecule has 0 amide bonds. The van der Waals surface area contributed by atoms with E-state index in [4.69, 9.17) is 43.7 Å². The van der Waals surface area contributed by atoms with Gasteiger partial charge in [0.1, 0.15) is 43.0 Å². The number of halogens is 1. The van der Waals surface area contributed by atoms with Crippen molar-refractivity contribution in [2.24, 2.45) is 0 Å². The van der Waals surface area contributed by atoms with Gasteiger partial charge in [0.15, 0.2) is 0 Å². The van der Waals surface area contributed by atoms with Gasteiger partial charge in [0.25, 0.3) is 6.47 Å². The molecule has 2 N–H and O–H groups in total. The van der Waals surface area contributed by atoms with Crippen LogP contribution in [-0.2, 0) is 93.3 Å². The van der Waals surface area contributed by atoms with Gasteiger partial charge >= 0.3 is 139 Å². The van der Waals surface area contributed by atoms with Crippen molar-refractivity contribution >= 4 is 58.2 Å². The molecule has 0 atom stereocenters. The maximum absolute atomic E-state index is 13.1. The van der Waals surface area contributed by atoms with E-state index in [0.29, 0.717) is 65.5 Å². The summed E-state index contributed by atoms with van der Waals surface area (Å²) in [5.41, 5.74) is 2.66. The molecule has 0 spiro atoms. The van der Waals surface area contributed by atoms with Gasteiger partial charge in [-0.2, -0.15) is 5.26 Å². The summed E-state index contributed by atoms with van der Waals surface area (Å²) >= 11 is 3.01. The summed E-state index contributed by atoms with van der Waals surface area (Å²) in [4.78, 5) is 96.2. The minimum absolute atomic E-state index is 0. The van der Waals surface area contributed by atoms with Crippen LogP contribution >= 0.6 is 15.9 Å². The molecule has 0 aromatic heterocycles. The molecule has 0 aliphatic carbocycles. The Labute approximate surface area is 652 Å². The van der Waals surface area contributed by atoms with Gasteiger partial charge in [-0.1, -0.05) is 144 Å². The van der Waals surface area contributed by atoms with Crippen molar-refractivity contribution in [1.29, 1.82) is 5.26 Å². The van der Waals surface area contributed by atoms with Crippen molar-refractivity contribution in [1.82, 2.24) is 35.1 Å². The molecule has 2 heterocycles. The Kier molecular flexibility index (Phi) is 53.7. The number of ether oxygens (including phenoxy) is 6. The third-order valence-electron chi connectivity index (χ3n) is 13.1. The molecule has 26 heteroatoms. The number of rotatable bonds is 20. The average molecular weight is 1430 g/mol. The second-order valence-electron chi connectivity index (χ2n) is 23.2. The number of benzene rings is 4. The first-order chi connectivity index (χ1) is 44.1. The zero-order valence-electron chi connectivity index (χ0n) is 57.9. The van der Waals surface area contributed by atoms with Gasteiger partial charge in [0.05, 0.1) is 38.8 Å². The molecule has 0 bridgehead atoms. The molecule has 2 aliphatic heterocycles. The van der Waals surface area contributed by atoms with Gasteiger partial charge in [-0.3, -0.25) is 58.1 Å². The number of nitrogens with zero attached hydrogens (tertiary/aromatic N) is 6. The van der Waals surface area contributed by atoms with Gasteiger partial charge in [-0.15, -0.1) is 0 Å². The molecule has 4 aromatic rings. The van der Waals surface area contributed by atoms with Gasteiger partial charge < -0.3 is 50.6 Å². The summed E-state index contributed by atoms with van der Waals surface area (Å²) in [6.07, 6.45) is 3.57. The Balaban J connectivity index is 0. The molecule has 23 nitrogen and oxygen atoms in total. The Morgan fingerprint density at radius 3 is 1.00 bits per heavy atom. The normalized spacial score (nSPS) is 14.8. The predicted octanol–water partition coefficient (Wildman–Crippen LogP) is -0.0171. The first-order valence-electron chi connectivity index (χ1n) is 31.0. The van der Waals surface area contributed by atoms with Crippen LogP contribution in [0.25, 0.3) is 0 Å². The molecule has 2 saturated heterocycles. The van der Waals surface area contributed by atoms with E-state index in [2.05, 4.69) is 36.4 Å². The van der Waals surface area contributed by atoms with Crippen LogP contribution < -0.4 is 119 Å². The Bertz CT molecular complexity index is 2620. The van der Waals surface area contributed by atoms with Crippen LogP contribution in [0.2, 0.25) is 0 Å². The quantitative estimate of drug-likeness (QED) is 0.0224. The predicted molar refractivity (Wildman–Crippen MR) is 352 cm³/mol. The summed E-state index contributed by atoms with van der Waals surface area (Å²) in [5.74, 6) is -1.81. The van der Waals surface area contributed by atoms with Crippen molar-refractivity contribution in [2.75, 3.05) is 130 Å². The van der Waals surface area contributed by atoms with E-state index in [1.54, 1.807) is 6.07 Å². The van der Waals surface area contributed by atoms with Gasteiger partial charge in [-0.05, 0) is 89.7 Å². The molecule has 2 aliphatic rings. The molecule has 0 saturated carbocycles. The molecule has 510 valence electrons. The minimum Gasteiger partial charge on any atom is -1.00 e. The maximum Gasteiger partial charge on any atom is 1.00 e. The standard InChI is InChI=1S/C41H54N4O8.C15H31N3O2.C9H9BrO2.C2H3N.CH2O3.2K.H/c1-41(2,3)53-40(49)30-45-25-23-43(28-38(47)51-32-35-15-9-5-10-16-35)21-19-42(27-37(46)50-31-34-13-7-4-8-14-34)20-22-44(24-26-45)29-39(48)52-33-36-17-11-6-12-18-36;1-15(2,3)20-14(19)13-18-11-6-4-5-7-16-8-9-17-10-12-18;10-6-9(11)12-7-8-4-2-1-3-5-8;1-2-3;2-1-4-3;;;/h4-18H,19-33H2,1-3H3;16-17H,4-13H2,1-3H3;1-5H,6-7H2;1H3;1,3H;;;/q;;;;;2*+1;-1/p-1. The number of carbonyl (C=O) groups excluding carboxylic acids is 7. The number of nitrogens with one attached hydrogen (secondary N) is 2. The fourth-order valence-corrected chi connectivity index (χ4v) is 8.86. The summed E-state index contributed by atoms with van der Waals surface area (Å²) in [5, 5.41) is 22.8. The Morgan fingerprint density at radius 2 is 0.723 bits per heavy atom. The molecular formula is C68H99BrK2N8O15. The molecule has 6 rings (SSSR count). The number of carbonyl (C=O) groups is 7. The molecular weight excluding hydrogens is 1330 g/mol. The SMILES string of the molecule is CC#N.CC(C)(C)OC(=O)CN1CCCCCNCCNCC1.CC(C)(C)OC(=O)CN1CCN(CC(=O)OCc2ccccc2)CCN(CC(=O)OCc2ccccc2)CCN(CC(=O)OCc2ccccc2)CC1.O=C(CBr)OCc1ccccc1.O=CO[O-].[H-].[K+].[K+]. The van der Waals surface area contributed by atoms with Gasteiger partial charge in [0.2, 0.25) is 0 Å². The molecule has 2 fully saturated rings. The number of esters is 6. The zero-order valence-corrected chi connectivity index (χ0v) is 64.7. The molecule has 4 aromatic carbocycles. The van der Waals surface area contributed by atoms with E-state index in [1.165, 1.54) is 19.8 Å². The number of alkyl halides is 1. The maximum atomic E-state index is 13.1. The third-order valence-corrected chi connectivity index (χ3v) is 13.5. The van der Waals surface area contributed by atoms with Crippen molar-refractivity contribution in [2.45, 2.75) is 105 Å². The topological polar surface area (TPSA) is 271 Å². The first-order valence-corrected chi connectivity index (χ1v) is 32.1. The number of hydrogen-bond acceptors (Lipinski definition) is 23. The summed E-state index contributed by atoms with van der Waals surface area (Å²) < 4.78 is 32.8. The minimum atomic E-state index is -0.640. The van der Waals surface area contributed by atoms with Crippen LogP contribution in [-0.4, -0.2) is 208 Å². The molecule has 94 heavy (non-hydrogen) atoms. The number of hydrogen-bond donors (Lipinski definition) is 2. The van der Waals surface area contributed by atoms with Crippen LogP contribution in [0.5, 0.6) is 0 Å². The van der Waals surface area contributed by atoms with Crippen LogP contribution in [0, 0.1) is 11.3 Å². The average Bonchev–Trinajstić information content (AvgIpc) is 3.51. The largest absolute Gasteiger partial charge is 1.00 e. The monoisotopic (exact) mass is 1420 g/mol. The fourth-order valence-electron chi connectivity index (χ4n) is 8.70. The summed E-state index contributed by atoms with van der Waals surface area (Å²) in [7, 11) is 0. The zero-order chi connectivity index (χ0) is 67.7. The van der Waals surface area contributed by atoms with E-state index >= 15 is 0 Å². The van der Waals surface area contributed by atoms with Crippen LogP contribution in [0.1, 0.15) is 91.4 Å². The van der Waals surface area contributed by atoms with E-state index in [9.17, 15) is 28.8 Å². The smallest absolute Gasteiger partial charge is 1.00 e. The second kappa shape index (κ2) is 56.0. The van der Waals surface area contributed by atoms with Gasteiger partial charge in [-0.25, -0.2) is 0 Å². The molecule has 0 unspecified atom stereocenters. The van der Waals surface area contributed by atoms with Crippen molar-refractivity contribution < 1.29 is 176 Å². The van der Waals surface area contributed by atoms with Crippen LogP contribution in [0.3, 0.4) is 0 Å². The van der Waals surface area contributed by atoms with Crippen LogP contribution in [0.15, 0.2) is 121 Å². The van der Waals surface area contributed by atoms with E-state index in [0.717, 1.165) is 67.9 Å². The van der Waals surface area contributed by atoms with Crippen LogP contribution in [0.4, 0.5) is 0 Å². The third kappa shape index (κ3) is 50.4. The van der Waals surface area contributed by atoms with E-state index in [1.807, 2.05) is 182 Å². The van der Waals surface area contributed by atoms with Gasteiger partial charge in [0, 0.05) is 85.5 Å². The van der Waals surface area contributed by atoms with Crippen molar-refractivity contribution in [3.63, 3.8) is 0 Å². The first kappa shape index (κ1) is 90.1. The molecule has 0 radical (unpaired) electrons. The Hall–Kier alpha value is -3.91. The van der Waals surface area contributed by atoms with E-state index in [-0.39, 0.29) is 198 Å². The summed E-state index contributed by atoms with van der Waals surface area (Å²) in [6.45, 7) is 23.4. The number of nitriles is 1. The fraction of sp³-hybridized carbons (Fsp3) is 0.529. The Morgan fingerprint density at radius 1 is 0.457 bits per heavy atom.